The van der Waals surface area contributed by atoms with Gasteiger partial charge in [0.25, 0.3) is 5.91 Å². The van der Waals surface area contributed by atoms with E-state index in [0.29, 0.717) is 35.5 Å². The number of rotatable bonds is 9. The first-order valence-corrected chi connectivity index (χ1v) is 12.4. The minimum absolute atomic E-state index is 0.0714. The van der Waals surface area contributed by atoms with E-state index in [1.165, 1.54) is 0 Å². The largest absolute Gasteiger partial charge is 0.489 e. The van der Waals surface area contributed by atoms with Crippen molar-refractivity contribution in [3.63, 3.8) is 0 Å². The molecule has 5 rings (SSSR count). The molecule has 1 atom stereocenters. The van der Waals surface area contributed by atoms with Crippen molar-refractivity contribution < 1.29 is 14.3 Å². The smallest absolute Gasteiger partial charge is 0.273 e. The first-order valence-electron chi connectivity index (χ1n) is 11.7. The van der Waals surface area contributed by atoms with E-state index in [1.807, 2.05) is 77.7 Å². The molecule has 0 saturated heterocycles. The number of hydrogen-bond donors (Lipinski definition) is 1. The van der Waals surface area contributed by atoms with Crippen LogP contribution in [0.4, 0.5) is 0 Å². The number of nitrogens with one attached hydrogen (secondary N) is 1. The Balaban J connectivity index is 1.45. The Morgan fingerprint density at radius 2 is 1.75 bits per heavy atom. The van der Waals surface area contributed by atoms with Crippen molar-refractivity contribution in [3.8, 4) is 17.0 Å². The lowest BCUT2D eigenvalue weighted by Gasteiger charge is -2.26. The lowest BCUT2D eigenvalue weighted by Crippen LogP contribution is -2.31. The average molecular weight is 522 g/mol. The van der Waals surface area contributed by atoms with Crippen LogP contribution in [0.15, 0.2) is 72.8 Å². The Morgan fingerprint density at radius 3 is 2.47 bits per heavy atom. The van der Waals surface area contributed by atoms with Crippen molar-refractivity contribution in [2.75, 3.05) is 20.3 Å². The third-order valence-electron chi connectivity index (χ3n) is 6.28. The van der Waals surface area contributed by atoms with Crippen molar-refractivity contribution in [1.82, 2.24) is 15.1 Å². The Labute approximate surface area is 219 Å². The Morgan fingerprint density at radius 1 is 1.00 bits per heavy atom. The molecular formula is C28H25Cl2N3O3. The molecule has 0 saturated carbocycles. The summed E-state index contributed by atoms with van der Waals surface area (Å²) in [6.07, 6.45) is 0.728. The molecule has 6 nitrogen and oxygen atoms in total. The first kappa shape index (κ1) is 24.4. The predicted octanol–water partition coefficient (Wildman–Crippen LogP) is 6.54. The van der Waals surface area contributed by atoms with Crippen LogP contribution in [0.1, 0.15) is 39.6 Å². The summed E-state index contributed by atoms with van der Waals surface area (Å²) in [4.78, 5) is 15.3. The van der Waals surface area contributed by atoms with Crippen LogP contribution in [-0.2, 0) is 11.3 Å². The average Bonchev–Trinajstić information content (AvgIpc) is 3.44. The lowest BCUT2D eigenvalue weighted by molar-refractivity contribution is 0.0723. The summed E-state index contributed by atoms with van der Waals surface area (Å²) in [6, 6.07) is 22.6. The van der Waals surface area contributed by atoms with Gasteiger partial charge < -0.3 is 14.4 Å². The SMILES string of the molecule is COCCCN1C(=O)c2[nH]nc(-c3ccc(Cl)cc3)c2C1c1ccc(OCc2ccccc2Cl)cc1. The van der Waals surface area contributed by atoms with Gasteiger partial charge in [0.2, 0.25) is 0 Å². The molecule has 0 spiro atoms. The second-order valence-corrected chi connectivity index (χ2v) is 9.41. The third kappa shape index (κ3) is 4.85. The highest BCUT2D eigenvalue weighted by atomic mass is 35.5. The summed E-state index contributed by atoms with van der Waals surface area (Å²) >= 11 is 12.4. The third-order valence-corrected chi connectivity index (χ3v) is 6.90. The predicted molar refractivity (Wildman–Crippen MR) is 141 cm³/mol. The number of aromatic amines is 1. The zero-order valence-corrected chi connectivity index (χ0v) is 21.2. The van der Waals surface area contributed by atoms with Gasteiger partial charge in [-0.05, 0) is 42.3 Å². The van der Waals surface area contributed by atoms with E-state index in [4.69, 9.17) is 32.7 Å². The van der Waals surface area contributed by atoms with E-state index in [9.17, 15) is 4.79 Å². The van der Waals surface area contributed by atoms with Gasteiger partial charge in [-0.3, -0.25) is 9.89 Å². The van der Waals surface area contributed by atoms with Gasteiger partial charge in [-0.1, -0.05) is 65.7 Å². The van der Waals surface area contributed by atoms with E-state index in [2.05, 4.69) is 10.2 Å². The summed E-state index contributed by atoms with van der Waals surface area (Å²) in [7, 11) is 1.66. The zero-order chi connectivity index (χ0) is 25.1. The quantitative estimate of drug-likeness (QED) is 0.254. The van der Waals surface area contributed by atoms with Crippen LogP contribution in [0.2, 0.25) is 10.0 Å². The normalized spacial score (nSPS) is 14.8. The van der Waals surface area contributed by atoms with Crippen molar-refractivity contribution in [3.05, 3.63) is 105 Å². The molecule has 1 N–H and O–H groups in total. The molecule has 0 radical (unpaired) electrons. The Hall–Kier alpha value is -3.32. The molecular weight excluding hydrogens is 497 g/mol. The lowest BCUT2D eigenvalue weighted by atomic mass is 9.96. The molecule has 1 aromatic heterocycles. The van der Waals surface area contributed by atoms with Crippen molar-refractivity contribution in [2.45, 2.75) is 19.1 Å². The Kier molecular flexibility index (Phi) is 7.28. The van der Waals surface area contributed by atoms with Crippen molar-refractivity contribution in [1.29, 1.82) is 0 Å². The van der Waals surface area contributed by atoms with Crippen LogP contribution in [0.5, 0.6) is 5.75 Å². The molecule has 1 aliphatic rings. The highest BCUT2D eigenvalue weighted by Crippen LogP contribution is 2.43. The molecule has 3 aromatic carbocycles. The minimum Gasteiger partial charge on any atom is -0.489 e. The van der Waals surface area contributed by atoms with Gasteiger partial charge in [-0.2, -0.15) is 5.10 Å². The maximum atomic E-state index is 13.4. The molecule has 1 aliphatic heterocycles. The number of nitrogens with zero attached hydrogens (tertiary/aromatic N) is 2. The van der Waals surface area contributed by atoms with Gasteiger partial charge in [0.15, 0.2) is 0 Å². The van der Waals surface area contributed by atoms with Crippen molar-refractivity contribution >= 4 is 29.1 Å². The highest BCUT2D eigenvalue weighted by Gasteiger charge is 2.41. The molecule has 2 heterocycles. The molecule has 4 aromatic rings. The second kappa shape index (κ2) is 10.7. The molecule has 1 unspecified atom stereocenters. The van der Waals surface area contributed by atoms with Gasteiger partial charge in [0.05, 0.1) is 11.7 Å². The summed E-state index contributed by atoms with van der Waals surface area (Å²) in [5.74, 6) is 0.650. The van der Waals surface area contributed by atoms with E-state index < -0.39 is 0 Å². The number of aromatic nitrogens is 2. The standard InChI is InChI=1S/C28H25Cl2N3O3/c1-35-16-4-15-33-27(19-9-13-22(14-10-19)36-17-20-5-2-3-6-23(20)30)24-25(31-32-26(24)28(33)34)18-7-11-21(29)12-8-18/h2-3,5-14,27H,4,15-17H2,1H3,(H,31,32). The number of carbonyl (C=O) groups is 1. The number of hydrogen-bond acceptors (Lipinski definition) is 4. The molecule has 184 valence electrons. The van der Waals surface area contributed by atoms with Gasteiger partial charge >= 0.3 is 0 Å². The number of amides is 1. The van der Waals surface area contributed by atoms with Gasteiger partial charge in [0.1, 0.15) is 18.1 Å². The van der Waals surface area contributed by atoms with E-state index >= 15 is 0 Å². The zero-order valence-electron chi connectivity index (χ0n) is 19.7. The maximum absolute atomic E-state index is 13.4. The molecule has 36 heavy (non-hydrogen) atoms. The van der Waals surface area contributed by atoms with E-state index in [-0.39, 0.29) is 11.9 Å². The van der Waals surface area contributed by atoms with Crippen LogP contribution < -0.4 is 4.74 Å². The minimum atomic E-state index is -0.286. The van der Waals surface area contributed by atoms with E-state index in [1.54, 1.807) is 7.11 Å². The monoisotopic (exact) mass is 521 g/mol. The van der Waals surface area contributed by atoms with Crippen LogP contribution in [-0.4, -0.2) is 41.3 Å². The van der Waals surface area contributed by atoms with Gasteiger partial charge in [0, 0.05) is 47.0 Å². The fourth-order valence-electron chi connectivity index (χ4n) is 4.50. The number of H-pyrrole nitrogens is 1. The summed E-state index contributed by atoms with van der Waals surface area (Å²) in [6.45, 7) is 1.50. The van der Waals surface area contributed by atoms with Crippen LogP contribution in [0.25, 0.3) is 11.3 Å². The number of fused-ring (bicyclic) bond motifs is 1. The van der Waals surface area contributed by atoms with E-state index in [0.717, 1.165) is 40.1 Å². The molecule has 8 heteroatoms. The van der Waals surface area contributed by atoms with Gasteiger partial charge in [-0.15, -0.1) is 0 Å². The fraction of sp³-hybridized carbons (Fsp3) is 0.214. The molecule has 1 amide bonds. The number of methoxy groups -OCH3 is 1. The van der Waals surface area contributed by atoms with Crippen LogP contribution >= 0.6 is 23.2 Å². The van der Waals surface area contributed by atoms with Crippen LogP contribution in [0.3, 0.4) is 0 Å². The number of benzene rings is 3. The number of carbonyl (C=O) groups excluding carboxylic acids is 1. The summed E-state index contributed by atoms with van der Waals surface area (Å²) in [5.41, 5.74) is 4.91. The second-order valence-electron chi connectivity index (χ2n) is 8.56. The number of ether oxygens (including phenoxy) is 2. The van der Waals surface area contributed by atoms with Gasteiger partial charge in [-0.25, -0.2) is 0 Å². The maximum Gasteiger partial charge on any atom is 0.273 e. The number of halogens is 2. The summed E-state index contributed by atoms with van der Waals surface area (Å²) < 4.78 is 11.2. The Bertz CT molecular complexity index is 1350. The first-order chi connectivity index (χ1) is 17.6. The fourth-order valence-corrected chi connectivity index (χ4v) is 4.82. The van der Waals surface area contributed by atoms with Crippen LogP contribution in [0, 0.1) is 0 Å². The molecule has 0 bridgehead atoms. The molecule has 0 fully saturated rings. The van der Waals surface area contributed by atoms with Crippen molar-refractivity contribution in [2.24, 2.45) is 0 Å². The topological polar surface area (TPSA) is 67.5 Å². The molecule has 0 aliphatic carbocycles. The summed E-state index contributed by atoms with van der Waals surface area (Å²) in [5, 5.41) is 8.81. The highest BCUT2D eigenvalue weighted by molar-refractivity contribution is 6.31.